The van der Waals surface area contributed by atoms with Gasteiger partial charge in [0.1, 0.15) is 5.82 Å². The van der Waals surface area contributed by atoms with E-state index in [9.17, 15) is 4.79 Å². The van der Waals surface area contributed by atoms with Gasteiger partial charge in [-0.15, -0.1) is 0 Å². The number of amides is 1. The molecule has 1 saturated carbocycles. The molecule has 1 aromatic heterocycles. The number of hydrogen-bond acceptors (Lipinski definition) is 4. The molecule has 1 amide bonds. The molecule has 0 radical (unpaired) electrons. The number of hydrogen-bond donors (Lipinski definition) is 1. The Morgan fingerprint density at radius 2 is 2.11 bits per heavy atom. The van der Waals surface area contributed by atoms with E-state index in [1.165, 1.54) is 0 Å². The van der Waals surface area contributed by atoms with Gasteiger partial charge in [-0.05, 0) is 26.7 Å². The van der Waals surface area contributed by atoms with E-state index in [1.807, 2.05) is 13.8 Å². The summed E-state index contributed by atoms with van der Waals surface area (Å²) in [7, 11) is 0. The molecule has 1 saturated heterocycles. The lowest BCUT2D eigenvalue weighted by Crippen LogP contribution is -2.54. The van der Waals surface area contributed by atoms with Crippen molar-refractivity contribution in [2.45, 2.75) is 32.7 Å². The second-order valence-electron chi connectivity index (χ2n) is 5.31. The number of carbonyl (C=O) groups is 1. The average molecular weight is 246 g/mol. The van der Waals surface area contributed by atoms with Crippen molar-refractivity contribution in [3.63, 3.8) is 0 Å². The normalized spacial score (nSPS) is 19.6. The third-order valence-electron chi connectivity index (χ3n) is 3.53. The van der Waals surface area contributed by atoms with Crippen LogP contribution in [0.5, 0.6) is 0 Å². The Hall–Kier alpha value is -1.65. The van der Waals surface area contributed by atoms with E-state index < -0.39 is 0 Å². The molecule has 1 aliphatic heterocycles. The molecule has 2 aliphatic rings. The van der Waals surface area contributed by atoms with Crippen LogP contribution >= 0.6 is 0 Å². The Morgan fingerprint density at radius 1 is 1.39 bits per heavy atom. The van der Waals surface area contributed by atoms with Crippen LogP contribution in [0.1, 0.15) is 24.2 Å². The molecule has 1 aromatic rings. The molecule has 5 heteroatoms. The van der Waals surface area contributed by atoms with Gasteiger partial charge in [-0.2, -0.15) is 0 Å². The lowest BCUT2D eigenvalue weighted by molar-refractivity contribution is -0.125. The highest BCUT2D eigenvalue weighted by atomic mass is 16.2. The summed E-state index contributed by atoms with van der Waals surface area (Å²) in [4.78, 5) is 22.8. The first-order valence-corrected chi connectivity index (χ1v) is 6.49. The van der Waals surface area contributed by atoms with E-state index in [4.69, 9.17) is 0 Å². The van der Waals surface area contributed by atoms with E-state index >= 15 is 0 Å². The Kier molecular flexibility index (Phi) is 2.69. The summed E-state index contributed by atoms with van der Waals surface area (Å²) < 4.78 is 0. The van der Waals surface area contributed by atoms with Gasteiger partial charge in [-0.1, -0.05) is 0 Å². The zero-order chi connectivity index (χ0) is 12.7. The molecular formula is C13H18N4O. The molecule has 2 heterocycles. The Morgan fingerprint density at radius 3 is 2.78 bits per heavy atom. The number of nitrogens with one attached hydrogen (secondary N) is 1. The van der Waals surface area contributed by atoms with Crippen molar-refractivity contribution in [1.82, 2.24) is 15.3 Å². The van der Waals surface area contributed by atoms with Gasteiger partial charge in [0, 0.05) is 25.3 Å². The minimum atomic E-state index is 0.118. The van der Waals surface area contributed by atoms with Crippen molar-refractivity contribution >= 4 is 11.7 Å². The van der Waals surface area contributed by atoms with E-state index in [1.54, 1.807) is 6.20 Å². The predicted molar refractivity (Wildman–Crippen MR) is 68.4 cm³/mol. The summed E-state index contributed by atoms with van der Waals surface area (Å²) in [5.41, 5.74) is 1.85. The highest BCUT2D eigenvalue weighted by molar-refractivity contribution is 5.82. The van der Waals surface area contributed by atoms with Crippen LogP contribution in [0.4, 0.5) is 5.82 Å². The smallest absolute Gasteiger partial charge is 0.226 e. The maximum atomic E-state index is 11.8. The number of aryl methyl sites for hydroxylation is 2. The third-order valence-corrected chi connectivity index (χ3v) is 3.53. The summed E-state index contributed by atoms with van der Waals surface area (Å²) >= 11 is 0. The Labute approximate surface area is 107 Å². The fourth-order valence-electron chi connectivity index (χ4n) is 2.19. The zero-order valence-corrected chi connectivity index (χ0v) is 10.8. The molecule has 5 nitrogen and oxygen atoms in total. The topological polar surface area (TPSA) is 58.1 Å². The summed E-state index contributed by atoms with van der Waals surface area (Å²) in [5.74, 6) is 1.24. The van der Waals surface area contributed by atoms with Crippen LogP contribution in [0.25, 0.3) is 0 Å². The molecule has 0 unspecified atom stereocenters. The predicted octanol–water partition coefficient (Wildman–Crippen LogP) is 0.808. The van der Waals surface area contributed by atoms with Crippen molar-refractivity contribution in [1.29, 1.82) is 0 Å². The molecule has 0 atom stereocenters. The number of aromatic nitrogens is 2. The maximum Gasteiger partial charge on any atom is 0.226 e. The van der Waals surface area contributed by atoms with Crippen molar-refractivity contribution in [3.05, 3.63) is 17.6 Å². The quantitative estimate of drug-likeness (QED) is 0.857. The monoisotopic (exact) mass is 246 g/mol. The van der Waals surface area contributed by atoms with Crippen LogP contribution in [0.2, 0.25) is 0 Å². The molecule has 18 heavy (non-hydrogen) atoms. The average Bonchev–Trinajstić information content (AvgIpc) is 3.05. The van der Waals surface area contributed by atoms with Crippen LogP contribution in [0, 0.1) is 19.8 Å². The summed E-state index contributed by atoms with van der Waals surface area (Å²) in [6.45, 7) is 5.42. The van der Waals surface area contributed by atoms with Crippen molar-refractivity contribution < 1.29 is 4.79 Å². The second-order valence-corrected chi connectivity index (χ2v) is 5.31. The fourth-order valence-corrected chi connectivity index (χ4v) is 2.19. The summed E-state index contributed by atoms with van der Waals surface area (Å²) in [6, 6.07) is 0.451. The largest absolute Gasteiger partial charge is 0.353 e. The van der Waals surface area contributed by atoms with Crippen molar-refractivity contribution in [2.75, 3.05) is 18.0 Å². The van der Waals surface area contributed by atoms with Crippen molar-refractivity contribution in [2.24, 2.45) is 5.92 Å². The lowest BCUT2D eigenvalue weighted by Gasteiger charge is -2.39. The number of rotatable bonds is 3. The van der Waals surface area contributed by atoms with Crippen LogP contribution < -0.4 is 10.2 Å². The zero-order valence-electron chi connectivity index (χ0n) is 10.8. The minimum absolute atomic E-state index is 0.118. The van der Waals surface area contributed by atoms with Gasteiger partial charge in [-0.3, -0.25) is 9.78 Å². The molecule has 0 spiro atoms. The van der Waals surface area contributed by atoms with Gasteiger partial charge < -0.3 is 10.2 Å². The Balaban J connectivity index is 1.60. The first kappa shape index (κ1) is 11.4. The Bertz CT molecular complexity index is 478. The molecule has 1 N–H and O–H groups in total. The van der Waals surface area contributed by atoms with Gasteiger partial charge in [0.2, 0.25) is 5.91 Å². The van der Waals surface area contributed by atoms with E-state index in [0.29, 0.717) is 6.04 Å². The standard InChI is InChI=1S/C13H18N4O/c1-8-5-14-9(2)12(15-8)17-6-10(7-17)13(18)16-11-3-4-11/h5,10-11H,3-4,6-7H2,1-2H3,(H,16,18). The first-order valence-electron chi connectivity index (χ1n) is 6.49. The maximum absolute atomic E-state index is 11.8. The van der Waals surface area contributed by atoms with Gasteiger partial charge in [0.15, 0.2) is 0 Å². The molecule has 1 aliphatic carbocycles. The van der Waals surface area contributed by atoms with Crippen LogP contribution in [0.15, 0.2) is 6.20 Å². The summed E-state index contributed by atoms with van der Waals surface area (Å²) in [5, 5.41) is 3.05. The second kappa shape index (κ2) is 4.23. The van der Waals surface area contributed by atoms with Crippen LogP contribution in [-0.4, -0.2) is 35.0 Å². The van der Waals surface area contributed by atoms with Crippen molar-refractivity contribution in [3.8, 4) is 0 Å². The third kappa shape index (κ3) is 2.17. The van der Waals surface area contributed by atoms with E-state index in [0.717, 1.165) is 43.1 Å². The highest BCUT2D eigenvalue weighted by Crippen LogP contribution is 2.26. The van der Waals surface area contributed by atoms with Crippen LogP contribution in [0.3, 0.4) is 0 Å². The number of anilines is 1. The van der Waals surface area contributed by atoms with Gasteiger partial charge in [0.05, 0.1) is 17.3 Å². The molecule has 96 valence electrons. The molecular weight excluding hydrogens is 228 g/mol. The van der Waals surface area contributed by atoms with Crippen LogP contribution in [-0.2, 0) is 4.79 Å². The highest BCUT2D eigenvalue weighted by Gasteiger charge is 2.36. The van der Waals surface area contributed by atoms with E-state index in [2.05, 4.69) is 20.2 Å². The van der Waals surface area contributed by atoms with Gasteiger partial charge in [0.25, 0.3) is 0 Å². The first-order chi connectivity index (χ1) is 8.63. The lowest BCUT2D eigenvalue weighted by atomic mass is 9.99. The molecule has 2 fully saturated rings. The number of carbonyl (C=O) groups excluding carboxylic acids is 1. The van der Waals surface area contributed by atoms with E-state index in [-0.39, 0.29) is 11.8 Å². The SMILES string of the molecule is Cc1cnc(C)c(N2CC(C(=O)NC3CC3)C2)n1. The number of nitrogens with zero attached hydrogens (tertiary/aromatic N) is 3. The van der Waals surface area contributed by atoms with Gasteiger partial charge in [-0.25, -0.2) is 4.98 Å². The minimum Gasteiger partial charge on any atom is -0.353 e. The molecule has 0 bridgehead atoms. The molecule has 3 rings (SSSR count). The fraction of sp³-hybridized carbons (Fsp3) is 0.615. The van der Waals surface area contributed by atoms with Gasteiger partial charge >= 0.3 is 0 Å². The molecule has 0 aromatic carbocycles. The summed E-state index contributed by atoms with van der Waals surface area (Å²) in [6.07, 6.45) is 4.06.